The lowest BCUT2D eigenvalue weighted by Crippen LogP contribution is -2.34. The maximum atomic E-state index is 12.3. The van der Waals surface area contributed by atoms with E-state index in [-0.39, 0.29) is 24.4 Å². The fourth-order valence-electron chi connectivity index (χ4n) is 3.26. The molecule has 0 saturated carbocycles. The van der Waals surface area contributed by atoms with Crippen LogP contribution in [0.25, 0.3) is 0 Å². The molecule has 0 radical (unpaired) electrons. The largest absolute Gasteiger partial charge is 0.350 e. The maximum Gasteiger partial charge on any atom is 0.220 e. The molecule has 2 rings (SSSR count). The van der Waals surface area contributed by atoms with E-state index in [0.717, 1.165) is 31.5 Å². The molecule has 0 aromatic heterocycles. The van der Waals surface area contributed by atoms with Gasteiger partial charge < -0.3 is 10.6 Å². The summed E-state index contributed by atoms with van der Waals surface area (Å²) in [6.45, 7) is 6.16. The van der Waals surface area contributed by atoms with E-state index >= 15 is 0 Å². The normalized spacial score (nSPS) is 18.0. The Hall–Kier alpha value is -1.11. The van der Waals surface area contributed by atoms with Crippen LogP contribution >= 0.6 is 12.4 Å². The van der Waals surface area contributed by atoms with Gasteiger partial charge in [0.2, 0.25) is 5.91 Å². The van der Waals surface area contributed by atoms with Crippen molar-refractivity contribution >= 4 is 28.2 Å². The van der Waals surface area contributed by atoms with Crippen LogP contribution in [0.4, 0.5) is 0 Å². The van der Waals surface area contributed by atoms with Crippen molar-refractivity contribution in [2.24, 2.45) is 11.8 Å². The van der Waals surface area contributed by atoms with E-state index in [4.69, 9.17) is 0 Å². The number of rotatable bonds is 6. The van der Waals surface area contributed by atoms with Gasteiger partial charge in [0.25, 0.3) is 0 Å². The van der Waals surface area contributed by atoms with Crippen LogP contribution in [0.5, 0.6) is 0 Å². The third kappa shape index (κ3) is 6.60. The number of benzene rings is 1. The van der Waals surface area contributed by atoms with E-state index in [0.29, 0.717) is 23.2 Å². The summed E-state index contributed by atoms with van der Waals surface area (Å²) < 4.78 is 23.0. The molecule has 0 bridgehead atoms. The van der Waals surface area contributed by atoms with Crippen molar-refractivity contribution < 1.29 is 13.2 Å². The van der Waals surface area contributed by atoms with Crippen molar-refractivity contribution in [3.8, 4) is 0 Å². The van der Waals surface area contributed by atoms with Crippen molar-refractivity contribution in [1.82, 2.24) is 10.6 Å². The van der Waals surface area contributed by atoms with Gasteiger partial charge in [-0.2, -0.15) is 0 Å². The van der Waals surface area contributed by atoms with Crippen molar-refractivity contribution in [2.45, 2.75) is 44.0 Å². The first-order chi connectivity index (χ1) is 11.3. The fraction of sp³-hybridized carbons (Fsp3) is 0.611. The van der Waals surface area contributed by atoms with Gasteiger partial charge in [-0.15, -0.1) is 12.4 Å². The number of carbonyl (C=O) groups excluding carboxylic acids is 1. The molecular formula is C18H29ClN2O3S. The number of hydrogen-bond acceptors (Lipinski definition) is 4. The Labute approximate surface area is 157 Å². The van der Waals surface area contributed by atoms with Gasteiger partial charge in [0.05, 0.1) is 10.9 Å². The van der Waals surface area contributed by atoms with Crippen LogP contribution in [0.3, 0.4) is 0 Å². The number of hydrogen-bond donors (Lipinski definition) is 2. The van der Waals surface area contributed by atoms with Crippen LogP contribution in [-0.2, 0) is 14.6 Å². The van der Waals surface area contributed by atoms with Crippen molar-refractivity contribution in [1.29, 1.82) is 0 Å². The molecular weight excluding hydrogens is 360 g/mol. The summed E-state index contributed by atoms with van der Waals surface area (Å²) in [6, 6.07) is 6.57. The molecule has 142 valence electrons. The molecule has 2 N–H and O–H groups in total. The van der Waals surface area contributed by atoms with Gasteiger partial charge in [-0.1, -0.05) is 19.1 Å². The minimum Gasteiger partial charge on any atom is -0.350 e. The van der Waals surface area contributed by atoms with Gasteiger partial charge in [-0.3, -0.25) is 4.79 Å². The Kier molecular flexibility index (Phi) is 8.38. The predicted molar refractivity (Wildman–Crippen MR) is 103 cm³/mol. The topological polar surface area (TPSA) is 75.3 Å². The van der Waals surface area contributed by atoms with Crippen molar-refractivity contribution in [3.63, 3.8) is 0 Å². The summed E-state index contributed by atoms with van der Waals surface area (Å²) >= 11 is 0. The van der Waals surface area contributed by atoms with Crippen LogP contribution < -0.4 is 10.6 Å². The molecule has 1 aromatic rings. The Morgan fingerprint density at radius 1 is 1.20 bits per heavy atom. The molecule has 0 aliphatic carbocycles. The van der Waals surface area contributed by atoms with E-state index in [1.165, 1.54) is 6.26 Å². The molecule has 7 heteroatoms. The minimum absolute atomic E-state index is 0. The monoisotopic (exact) mass is 388 g/mol. The highest BCUT2D eigenvalue weighted by Crippen LogP contribution is 2.24. The molecule has 1 heterocycles. The number of amides is 1. The Morgan fingerprint density at radius 2 is 1.76 bits per heavy atom. The van der Waals surface area contributed by atoms with Crippen LogP contribution in [0.1, 0.15) is 44.7 Å². The maximum absolute atomic E-state index is 12.3. The highest BCUT2D eigenvalue weighted by atomic mass is 35.5. The second-order valence-corrected chi connectivity index (χ2v) is 8.91. The quantitative estimate of drug-likeness (QED) is 0.785. The standard InChI is InChI=1S/C18H28N2O3S.ClH/c1-13(15-8-10-19-11-9-15)12-18(21)20-14(2)16-4-6-17(7-5-16)24(3,22)23;/h4-7,13-15,19H,8-12H2,1-3H3,(H,20,21);1H. The smallest absolute Gasteiger partial charge is 0.220 e. The number of piperidine rings is 1. The molecule has 1 aromatic carbocycles. The Bertz CT molecular complexity index is 655. The van der Waals surface area contributed by atoms with E-state index in [9.17, 15) is 13.2 Å². The Balaban J connectivity index is 0.00000312. The van der Waals surface area contributed by atoms with Crippen molar-refractivity contribution in [2.75, 3.05) is 19.3 Å². The summed E-state index contributed by atoms with van der Waals surface area (Å²) in [5.74, 6) is 1.05. The number of sulfone groups is 1. The molecule has 1 saturated heterocycles. The van der Waals surface area contributed by atoms with Gasteiger partial charge in [0, 0.05) is 12.7 Å². The van der Waals surface area contributed by atoms with Gasteiger partial charge in [-0.05, 0) is 62.4 Å². The second-order valence-electron chi connectivity index (χ2n) is 6.90. The van der Waals surface area contributed by atoms with Gasteiger partial charge in [0.15, 0.2) is 9.84 Å². The third-order valence-corrected chi connectivity index (χ3v) is 6.01. The summed E-state index contributed by atoms with van der Waals surface area (Å²) in [7, 11) is -3.19. The van der Waals surface area contributed by atoms with Crippen molar-refractivity contribution in [3.05, 3.63) is 29.8 Å². The van der Waals surface area contributed by atoms with E-state index in [2.05, 4.69) is 17.6 Å². The van der Waals surface area contributed by atoms with Gasteiger partial charge in [0.1, 0.15) is 0 Å². The van der Waals surface area contributed by atoms with Crippen LogP contribution in [-0.4, -0.2) is 33.7 Å². The molecule has 0 spiro atoms. The Morgan fingerprint density at radius 3 is 2.28 bits per heavy atom. The second kappa shape index (κ2) is 9.55. The lowest BCUT2D eigenvalue weighted by Gasteiger charge is -2.28. The lowest BCUT2D eigenvalue weighted by atomic mass is 9.84. The molecule has 1 aliphatic rings. The molecule has 1 fully saturated rings. The number of halogens is 1. The average Bonchev–Trinajstić information content (AvgIpc) is 2.54. The molecule has 2 unspecified atom stereocenters. The lowest BCUT2D eigenvalue weighted by molar-refractivity contribution is -0.123. The first-order valence-corrected chi connectivity index (χ1v) is 10.5. The third-order valence-electron chi connectivity index (χ3n) is 4.88. The SMILES string of the molecule is CC(NC(=O)CC(C)C1CCNCC1)c1ccc(S(C)(=O)=O)cc1.Cl. The van der Waals surface area contributed by atoms with Crippen LogP contribution in [0.2, 0.25) is 0 Å². The summed E-state index contributed by atoms with van der Waals surface area (Å²) in [5, 5.41) is 6.37. The fourth-order valence-corrected chi connectivity index (χ4v) is 3.89. The average molecular weight is 389 g/mol. The zero-order valence-corrected chi connectivity index (χ0v) is 16.8. The molecule has 5 nitrogen and oxygen atoms in total. The molecule has 25 heavy (non-hydrogen) atoms. The van der Waals surface area contributed by atoms with E-state index in [1.807, 2.05) is 6.92 Å². The number of carbonyl (C=O) groups is 1. The van der Waals surface area contributed by atoms with E-state index < -0.39 is 9.84 Å². The molecule has 1 aliphatic heterocycles. The zero-order chi connectivity index (χ0) is 17.7. The first kappa shape index (κ1) is 21.9. The van der Waals surface area contributed by atoms with Crippen LogP contribution in [0, 0.1) is 11.8 Å². The van der Waals surface area contributed by atoms with Gasteiger partial charge >= 0.3 is 0 Å². The highest BCUT2D eigenvalue weighted by molar-refractivity contribution is 7.90. The predicted octanol–water partition coefficient (Wildman–Crippen LogP) is 2.71. The first-order valence-electron chi connectivity index (χ1n) is 8.57. The molecule has 2 atom stereocenters. The zero-order valence-electron chi connectivity index (χ0n) is 15.1. The van der Waals surface area contributed by atoms with Crippen LogP contribution in [0.15, 0.2) is 29.2 Å². The van der Waals surface area contributed by atoms with E-state index in [1.54, 1.807) is 24.3 Å². The highest BCUT2D eigenvalue weighted by Gasteiger charge is 2.22. The number of nitrogens with one attached hydrogen (secondary N) is 2. The summed E-state index contributed by atoms with van der Waals surface area (Å²) in [4.78, 5) is 12.6. The summed E-state index contributed by atoms with van der Waals surface area (Å²) in [5.41, 5.74) is 0.908. The summed E-state index contributed by atoms with van der Waals surface area (Å²) in [6.07, 6.45) is 4.00. The van der Waals surface area contributed by atoms with Gasteiger partial charge in [-0.25, -0.2) is 8.42 Å². The minimum atomic E-state index is -3.19. The molecule has 1 amide bonds.